The quantitative estimate of drug-likeness (QED) is 0.586. The molecule has 1 aliphatic heterocycles. The van der Waals surface area contributed by atoms with Gasteiger partial charge in [0.05, 0.1) is 24.4 Å². The van der Waals surface area contributed by atoms with Crippen LogP contribution >= 0.6 is 0 Å². The Bertz CT molecular complexity index is 692. The Morgan fingerprint density at radius 3 is 2.66 bits per heavy atom. The molecule has 29 heavy (non-hydrogen) atoms. The molecule has 0 radical (unpaired) electrons. The average Bonchev–Trinajstić information content (AvgIpc) is 2.74. The van der Waals surface area contributed by atoms with Crippen LogP contribution in [0.15, 0.2) is 12.4 Å². The van der Waals surface area contributed by atoms with Crippen molar-refractivity contribution in [1.29, 1.82) is 0 Å². The molecule has 2 amide bonds. The Morgan fingerprint density at radius 1 is 1.21 bits per heavy atom. The van der Waals surface area contributed by atoms with Gasteiger partial charge in [-0.05, 0) is 33.1 Å². The molecule has 1 unspecified atom stereocenters. The van der Waals surface area contributed by atoms with Crippen LogP contribution in [0.1, 0.15) is 62.1 Å². The van der Waals surface area contributed by atoms with E-state index in [-0.39, 0.29) is 30.1 Å². The molecule has 1 aliphatic rings. The van der Waals surface area contributed by atoms with Gasteiger partial charge in [-0.25, -0.2) is 4.98 Å². The average molecular weight is 405 g/mol. The molecule has 0 saturated carbocycles. The van der Waals surface area contributed by atoms with Crippen molar-refractivity contribution in [1.82, 2.24) is 19.8 Å². The lowest BCUT2D eigenvalue weighted by Gasteiger charge is -2.32. The van der Waals surface area contributed by atoms with Crippen LogP contribution in [-0.4, -0.2) is 70.3 Å². The number of hydrogen-bond acceptors (Lipinski definition) is 6. The van der Waals surface area contributed by atoms with Gasteiger partial charge in [-0.3, -0.25) is 19.4 Å². The van der Waals surface area contributed by atoms with Gasteiger partial charge in [-0.15, -0.1) is 0 Å². The predicted molar refractivity (Wildman–Crippen MR) is 108 cm³/mol. The van der Waals surface area contributed by atoms with Crippen LogP contribution in [0, 0.1) is 12.8 Å². The highest BCUT2D eigenvalue weighted by Gasteiger charge is 2.29. The standard InChI is InChI=1S/C21H32N4O4/c1-4-6-10-24(20(27)18-14-22-16(3)13-23-18)12-9-19(26)25-11-7-8-17(15-25)21(28)29-5-2/h13-14,17H,4-12,15H2,1-3H3. The van der Waals surface area contributed by atoms with Crippen molar-refractivity contribution in [3.63, 3.8) is 0 Å². The van der Waals surface area contributed by atoms with Crippen LogP contribution in [-0.2, 0) is 14.3 Å². The molecule has 0 N–H and O–H groups in total. The molecule has 2 rings (SSSR count). The molecule has 160 valence electrons. The fourth-order valence-electron chi connectivity index (χ4n) is 3.37. The van der Waals surface area contributed by atoms with Gasteiger partial charge in [0.1, 0.15) is 5.69 Å². The number of esters is 1. The molecule has 8 nitrogen and oxygen atoms in total. The Kier molecular flexibility index (Phi) is 9.02. The molecule has 8 heteroatoms. The van der Waals surface area contributed by atoms with E-state index in [1.807, 2.05) is 6.92 Å². The maximum atomic E-state index is 12.8. The summed E-state index contributed by atoms with van der Waals surface area (Å²) in [7, 11) is 0. The van der Waals surface area contributed by atoms with Gasteiger partial charge in [0, 0.05) is 38.8 Å². The third kappa shape index (κ3) is 6.80. The van der Waals surface area contributed by atoms with E-state index in [4.69, 9.17) is 4.74 Å². The fraction of sp³-hybridized carbons (Fsp3) is 0.667. The molecule has 1 atom stereocenters. The van der Waals surface area contributed by atoms with E-state index in [1.54, 1.807) is 22.9 Å². The molecule has 1 fully saturated rings. The third-order valence-electron chi connectivity index (χ3n) is 5.06. The van der Waals surface area contributed by atoms with Crippen LogP contribution in [0.25, 0.3) is 0 Å². The summed E-state index contributed by atoms with van der Waals surface area (Å²) in [6.45, 7) is 7.94. The van der Waals surface area contributed by atoms with Crippen molar-refractivity contribution < 1.29 is 19.1 Å². The van der Waals surface area contributed by atoms with E-state index in [2.05, 4.69) is 16.9 Å². The van der Waals surface area contributed by atoms with E-state index in [9.17, 15) is 14.4 Å². The first-order valence-electron chi connectivity index (χ1n) is 10.5. The minimum Gasteiger partial charge on any atom is -0.466 e. The van der Waals surface area contributed by atoms with Crippen LogP contribution in [0.2, 0.25) is 0 Å². The summed E-state index contributed by atoms with van der Waals surface area (Å²) in [4.78, 5) is 49.2. The van der Waals surface area contributed by atoms with Crippen molar-refractivity contribution in [3.8, 4) is 0 Å². The van der Waals surface area contributed by atoms with Crippen LogP contribution in [0.4, 0.5) is 0 Å². The Labute approximate surface area is 172 Å². The highest BCUT2D eigenvalue weighted by molar-refractivity contribution is 5.92. The van der Waals surface area contributed by atoms with Gasteiger partial charge >= 0.3 is 5.97 Å². The lowest BCUT2D eigenvalue weighted by atomic mass is 9.98. The van der Waals surface area contributed by atoms with Crippen LogP contribution in [0.3, 0.4) is 0 Å². The monoisotopic (exact) mass is 404 g/mol. The smallest absolute Gasteiger partial charge is 0.310 e. The molecule has 1 aromatic heterocycles. The Morgan fingerprint density at radius 2 is 2.00 bits per heavy atom. The molecule has 0 aromatic carbocycles. The zero-order chi connectivity index (χ0) is 21.2. The molecular weight excluding hydrogens is 372 g/mol. The highest BCUT2D eigenvalue weighted by atomic mass is 16.5. The van der Waals surface area contributed by atoms with Gasteiger partial charge in [-0.2, -0.15) is 0 Å². The maximum absolute atomic E-state index is 12.8. The topological polar surface area (TPSA) is 92.7 Å². The minimum absolute atomic E-state index is 0.0386. The summed E-state index contributed by atoms with van der Waals surface area (Å²) in [6.07, 6.45) is 6.61. The second-order valence-electron chi connectivity index (χ2n) is 7.37. The number of rotatable bonds is 9. The molecule has 2 heterocycles. The number of carbonyl (C=O) groups is 3. The summed E-state index contributed by atoms with van der Waals surface area (Å²) >= 11 is 0. The zero-order valence-corrected chi connectivity index (χ0v) is 17.7. The van der Waals surface area contributed by atoms with E-state index in [0.29, 0.717) is 38.5 Å². The largest absolute Gasteiger partial charge is 0.466 e. The number of ether oxygens (including phenoxy) is 1. The van der Waals surface area contributed by atoms with Crippen molar-refractivity contribution in [3.05, 3.63) is 23.8 Å². The molecule has 1 saturated heterocycles. The minimum atomic E-state index is -0.256. The molecule has 0 bridgehead atoms. The normalized spacial score (nSPS) is 16.4. The van der Waals surface area contributed by atoms with Crippen molar-refractivity contribution in [2.24, 2.45) is 5.92 Å². The van der Waals surface area contributed by atoms with Crippen molar-refractivity contribution in [2.45, 2.75) is 52.9 Å². The van der Waals surface area contributed by atoms with Gasteiger partial charge in [0.2, 0.25) is 5.91 Å². The number of likely N-dealkylation sites (tertiary alicyclic amines) is 1. The number of piperidine rings is 1. The second kappa shape index (κ2) is 11.5. The van der Waals surface area contributed by atoms with E-state index in [1.165, 1.54) is 6.20 Å². The summed E-state index contributed by atoms with van der Waals surface area (Å²) in [6, 6.07) is 0. The number of aryl methyl sites for hydroxylation is 1. The maximum Gasteiger partial charge on any atom is 0.310 e. The number of nitrogens with zero attached hydrogens (tertiary/aromatic N) is 4. The third-order valence-corrected chi connectivity index (χ3v) is 5.06. The van der Waals surface area contributed by atoms with Crippen molar-refractivity contribution in [2.75, 3.05) is 32.8 Å². The number of unbranched alkanes of at least 4 members (excludes halogenated alkanes) is 1. The van der Waals surface area contributed by atoms with Gasteiger partial charge in [0.15, 0.2) is 0 Å². The molecule has 0 spiro atoms. The fourth-order valence-corrected chi connectivity index (χ4v) is 3.37. The van der Waals surface area contributed by atoms with Crippen LogP contribution in [0.5, 0.6) is 0 Å². The summed E-state index contributed by atoms with van der Waals surface area (Å²) < 4.78 is 5.10. The van der Waals surface area contributed by atoms with E-state index < -0.39 is 0 Å². The second-order valence-corrected chi connectivity index (χ2v) is 7.37. The van der Waals surface area contributed by atoms with Crippen LogP contribution < -0.4 is 0 Å². The molecule has 1 aromatic rings. The molecular formula is C21H32N4O4. The first kappa shape index (κ1) is 22.8. The lowest BCUT2D eigenvalue weighted by Crippen LogP contribution is -2.44. The van der Waals surface area contributed by atoms with E-state index >= 15 is 0 Å². The van der Waals surface area contributed by atoms with E-state index in [0.717, 1.165) is 31.4 Å². The summed E-state index contributed by atoms with van der Waals surface area (Å²) in [5.74, 6) is -0.735. The highest BCUT2D eigenvalue weighted by Crippen LogP contribution is 2.19. The van der Waals surface area contributed by atoms with Gasteiger partial charge in [0.25, 0.3) is 5.91 Å². The first-order valence-corrected chi connectivity index (χ1v) is 10.5. The number of hydrogen-bond donors (Lipinski definition) is 0. The summed E-state index contributed by atoms with van der Waals surface area (Å²) in [5, 5.41) is 0. The van der Waals surface area contributed by atoms with Gasteiger partial charge < -0.3 is 14.5 Å². The Hall–Kier alpha value is -2.51. The first-order chi connectivity index (χ1) is 14.0. The number of amides is 2. The van der Waals surface area contributed by atoms with Gasteiger partial charge in [-0.1, -0.05) is 13.3 Å². The predicted octanol–water partition coefficient (Wildman–Crippen LogP) is 2.22. The SMILES string of the molecule is CCCCN(CCC(=O)N1CCCC(C(=O)OCC)C1)C(=O)c1cnc(C)cn1. The van der Waals surface area contributed by atoms with Crippen molar-refractivity contribution >= 4 is 17.8 Å². The number of aromatic nitrogens is 2. The molecule has 0 aliphatic carbocycles. The Balaban J connectivity index is 1.95. The lowest BCUT2D eigenvalue weighted by molar-refractivity contribution is -0.151. The zero-order valence-electron chi connectivity index (χ0n) is 17.7. The number of carbonyl (C=O) groups excluding carboxylic acids is 3. The summed E-state index contributed by atoms with van der Waals surface area (Å²) in [5.41, 5.74) is 1.04.